The van der Waals surface area contributed by atoms with Crippen LogP contribution in [0.3, 0.4) is 0 Å². The molecular weight excluding hydrogens is 236 g/mol. The molecule has 0 spiro atoms. The fraction of sp³-hybridized carbons (Fsp3) is 0.800. The quantitative estimate of drug-likeness (QED) is 0.885. The highest BCUT2D eigenvalue weighted by Gasteiger charge is 2.28. The molecule has 1 aromatic rings. The summed E-state index contributed by atoms with van der Waals surface area (Å²) in [5.74, 6) is 2.65. The zero-order chi connectivity index (χ0) is 13.8. The first kappa shape index (κ1) is 14.5. The average Bonchev–Trinajstić information content (AvgIpc) is 2.78. The summed E-state index contributed by atoms with van der Waals surface area (Å²) in [5.41, 5.74) is 6.30. The van der Waals surface area contributed by atoms with Crippen molar-refractivity contribution >= 4 is 0 Å². The summed E-state index contributed by atoms with van der Waals surface area (Å²) < 4.78 is 2.09. The number of hydrogen-bond acceptors (Lipinski definition) is 3. The lowest BCUT2D eigenvalue weighted by Gasteiger charge is -2.36. The Hall–Kier alpha value is -0.870. The van der Waals surface area contributed by atoms with Crippen molar-refractivity contribution in [2.45, 2.75) is 45.2 Å². The van der Waals surface area contributed by atoms with Crippen molar-refractivity contribution in [3.05, 3.63) is 18.2 Å². The Bertz CT molecular complexity index is 387. The predicted molar refractivity (Wildman–Crippen MR) is 78.6 cm³/mol. The summed E-state index contributed by atoms with van der Waals surface area (Å²) >= 11 is 0. The summed E-state index contributed by atoms with van der Waals surface area (Å²) in [6, 6.07) is 0.381. The second-order valence-corrected chi connectivity index (χ2v) is 6.16. The number of aromatic nitrogens is 2. The molecule has 1 fully saturated rings. The molecule has 1 saturated carbocycles. The molecule has 0 aromatic carbocycles. The van der Waals surface area contributed by atoms with Crippen LogP contribution in [-0.4, -0.2) is 34.1 Å². The largest absolute Gasteiger partial charge is 0.337 e. The molecule has 3 atom stereocenters. The number of rotatable bonds is 5. The first-order valence-electron chi connectivity index (χ1n) is 7.50. The third-order valence-electron chi connectivity index (χ3n) is 4.61. The maximum Gasteiger partial charge on any atom is 0.122 e. The van der Waals surface area contributed by atoms with Crippen LogP contribution in [0.25, 0.3) is 0 Å². The van der Waals surface area contributed by atoms with E-state index in [4.69, 9.17) is 5.73 Å². The van der Waals surface area contributed by atoms with Gasteiger partial charge in [-0.15, -0.1) is 0 Å². The molecule has 108 valence electrons. The lowest BCUT2D eigenvalue weighted by atomic mass is 9.77. The maximum absolute atomic E-state index is 6.30. The molecule has 0 bridgehead atoms. The summed E-state index contributed by atoms with van der Waals surface area (Å²) in [6.07, 6.45) is 8.97. The summed E-state index contributed by atoms with van der Waals surface area (Å²) in [7, 11) is 4.23. The standard InChI is InChI=1S/C15H28N4/c1-4-12-5-6-14(16)13(9-12)10-18(2)11-15-17-7-8-19(15)3/h7-8,12-14H,4-6,9-11,16H2,1-3H3. The van der Waals surface area contributed by atoms with Gasteiger partial charge in [-0.1, -0.05) is 13.3 Å². The van der Waals surface area contributed by atoms with Gasteiger partial charge in [0.05, 0.1) is 6.54 Å². The van der Waals surface area contributed by atoms with Crippen LogP contribution < -0.4 is 5.73 Å². The van der Waals surface area contributed by atoms with E-state index in [0.717, 1.165) is 24.8 Å². The normalized spacial score (nSPS) is 27.9. The molecule has 19 heavy (non-hydrogen) atoms. The highest BCUT2D eigenvalue weighted by molar-refractivity contribution is 4.91. The molecule has 2 N–H and O–H groups in total. The molecule has 4 nitrogen and oxygen atoms in total. The van der Waals surface area contributed by atoms with Crippen molar-refractivity contribution in [2.75, 3.05) is 13.6 Å². The van der Waals surface area contributed by atoms with Crippen molar-refractivity contribution in [2.24, 2.45) is 24.6 Å². The van der Waals surface area contributed by atoms with E-state index in [1.54, 1.807) is 0 Å². The van der Waals surface area contributed by atoms with E-state index in [0.29, 0.717) is 12.0 Å². The smallest absolute Gasteiger partial charge is 0.122 e. The fourth-order valence-electron chi connectivity index (χ4n) is 3.22. The lowest BCUT2D eigenvalue weighted by molar-refractivity contribution is 0.166. The number of nitrogens with two attached hydrogens (primary N) is 1. The first-order chi connectivity index (χ1) is 9.10. The Morgan fingerprint density at radius 3 is 2.89 bits per heavy atom. The van der Waals surface area contributed by atoms with Gasteiger partial charge in [0, 0.05) is 32.0 Å². The van der Waals surface area contributed by atoms with Crippen LogP contribution in [0.5, 0.6) is 0 Å². The number of imidazole rings is 1. The Balaban J connectivity index is 1.87. The van der Waals surface area contributed by atoms with Crippen LogP contribution in [0.1, 0.15) is 38.4 Å². The van der Waals surface area contributed by atoms with Crippen molar-refractivity contribution in [1.29, 1.82) is 0 Å². The third-order valence-corrected chi connectivity index (χ3v) is 4.61. The van der Waals surface area contributed by atoms with Gasteiger partial charge in [0.1, 0.15) is 5.82 Å². The maximum atomic E-state index is 6.30. The first-order valence-corrected chi connectivity index (χ1v) is 7.50. The number of nitrogens with zero attached hydrogens (tertiary/aromatic N) is 3. The number of aryl methyl sites for hydroxylation is 1. The van der Waals surface area contributed by atoms with Crippen LogP contribution in [0.4, 0.5) is 0 Å². The minimum Gasteiger partial charge on any atom is -0.337 e. The Morgan fingerprint density at radius 2 is 2.26 bits per heavy atom. The van der Waals surface area contributed by atoms with Gasteiger partial charge >= 0.3 is 0 Å². The Kier molecular flexibility index (Phi) is 4.99. The summed E-state index contributed by atoms with van der Waals surface area (Å²) in [5, 5.41) is 0. The second kappa shape index (κ2) is 6.53. The molecule has 1 aliphatic rings. The van der Waals surface area contributed by atoms with Gasteiger partial charge in [0.25, 0.3) is 0 Å². The molecule has 1 aliphatic carbocycles. The molecule has 3 unspecified atom stereocenters. The average molecular weight is 264 g/mol. The highest BCUT2D eigenvalue weighted by Crippen LogP contribution is 2.30. The molecule has 0 aliphatic heterocycles. The van der Waals surface area contributed by atoms with E-state index >= 15 is 0 Å². The Labute approximate surface area is 117 Å². The minimum absolute atomic E-state index is 0.381. The van der Waals surface area contributed by atoms with Gasteiger partial charge in [-0.05, 0) is 38.1 Å². The van der Waals surface area contributed by atoms with Crippen molar-refractivity contribution in [1.82, 2.24) is 14.5 Å². The zero-order valence-corrected chi connectivity index (χ0v) is 12.5. The summed E-state index contributed by atoms with van der Waals surface area (Å²) in [4.78, 5) is 6.76. The molecule has 0 saturated heterocycles. The van der Waals surface area contributed by atoms with Gasteiger partial charge in [-0.25, -0.2) is 4.98 Å². The molecular formula is C15H28N4. The van der Waals surface area contributed by atoms with E-state index in [-0.39, 0.29) is 0 Å². The SMILES string of the molecule is CCC1CCC(N)C(CN(C)Cc2nccn2C)C1. The van der Waals surface area contributed by atoms with Gasteiger partial charge in [0.15, 0.2) is 0 Å². The van der Waals surface area contributed by atoms with Gasteiger partial charge in [-0.2, -0.15) is 0 Å². The lowest BCUT2D eigenvalue weighted by Crippen LogP contribution is -2.42. The molecule has 2 rings (SSSR count). The highest BCUT2D eigenvalue weighted by atomic mass is 15.2. The van der Waals surface area contributed by atoms with Crippen LogP contribution in [0.15, 0.2) is 12.4 Å². The van der Waals surface area contributed by atoms with E-state index < -0.39 is 0 Å². The van der Waals surface area contributed by atoms with Crippen LogP contribution in [0.2, 0.25) is 0 Å². The van der Waals surface area contributed by atoms with Gasteiger partial charge < -0.3 is 10.3 Å². The van der Waals surface area contributed by atoms with Gasteiger partial charge in [0.2, 0.25) is 0 Å². The van der Waals surface area contributed by atoms with Crippen LogP contribution >= 0.6 is 0 Å². The van der Waals surface area contributed by atoms with Crippen molar-refractivity contribution < 1.29 is 0 Å². The number of hydrogen-bond donors (Lipinski definition) is 1. The van der Waals surface area contributed by atoms with E-state index in [1.807, 2.05) is 12.4 Å². The van der Waals surface area contributed by atoms with Gasteiger partial charge in [-0.3, -0.25) is 4.90 Å². The molecule has 4 heteroatoms. The van der Waals surface area contributed by atoms with Crippen LogP contribution in [0, 0.1) is 11.8 Å². The molecule has 0 radical (unpaired) electrons. The third kappa shape index (κ3) is 3.80. The van der Waals surface area contributed by atoms with Crippen molar-refractivity contribution in [3.63, 3.8) is 0 Å². The zero-order valence-electron chi connectivity index (χ0n) is 12.5. The Morgan fingerprint density at radius 1 is 1.47 bits per heavy atom. The van der Waals surface area contributed by atoms with E-state index in [1.165, 1.54) is 25.7 Å². The second-order valence-electron chi connectivity index (χ2n) is 6.16. The van der Waals surface area contributed by atoms with Crippen molar-refractivity contribution in [3.8, 4) is 0 Å². The topological polar surface area (TPSA) is 47.1 Å². The monoisotopic (exact) mass is 264 g/mol. The van der Waals surface area contributed by atoms with E-state index in [9.17, 15) is 0 Å². The molecule has 1 aromatic heterocycles. The molecule has 1 heterocycles. The summed E-state index contributed by atoms with van der Waals surface area (Å²) in [6.45, 7) is 4.30. The fourth-order valence-corrected chi connectivity index (χ4v) is 3.22. The predicted octanol–water partition coefficient (Wildman–Crippen LogP) is 2.01. The van der Waals surface area contributed by atoms with Crippen LogP contribution in [-0.2, 0) is 13.6 Å². The minimum atomic E-state index is 0.381. The van der Waals surface area contributed by atoms with E-state index in [2.05, 4.69) is 35.5 Å². The molecule has 0 amide bonds.